The molecule has 1 heterocycles. The maximum absolute atomic E-state index is 13.4. The number of hydrogen-bond acceptors (Lipinski definition) is 4. The third-order valence-electron chi connectivity index (χ3n) is 5.02. The molecule has 0 saturated carbocycles. The molecule has 0 spiro atoms. The molecule has 0 fully saturated rings. The summed E-state index contributed by atoms with van der Waals surface area (Å²) >= 11 is 1.41. The Balaban J connectivity index is 2.21. The van der Waals surface area contributed by atoms with Crippen molar-refractivity contribution in [2.75, 3.05) is 19.0 Å². The molecule has 0 aliphatic carbocycles. The Hall–Kier alpha value is -2.12. The standard InChI is InChI=1S/C23H31N3O2S2/c1-7-8-11-17-16-26(23(2,3)4)29-22(17)24-30(27,28)21-15-10-12-18-19(21)13-9-14-20(18)25(5)6/h9-10,12-16H,7-8,11H2,1-6H3. The molecule has 0 atom stereocenters. The van der Waals surface area contributed by atoms with Crippen LogP contribution in [0, 0.1) is 0 Å². The van der Waals surface area contributed by atoms with E-state index >= 15 is 0 Å². The third kappa shape index (κ3) is 4.62. The Labute approximate surface area is 183 Å². The lowest BCUT2D eigenvalue weighted by Crippen LogP contribution is -2.18. The lowest BCUT2D eigenvalue weighted by atomic mass is 10.1. The average molecular weight is 446 g/mol. The van der Waals surface area contributed by atoms with Crippen LogP contribution >= 0.6 is 11.5 Å². The first-order chi connectivity index (χ1) is 14.0. The van der Waals surface area contributed by atoms with Crippen LogP contribution in [0.5, 0.6) is 0 Å². The number of hydrogen-bond donors (Lipinski definition) is 0. The number of benzene rings is 2. The van der Waals surface area contributed by atoms with Crippen molar-refractivity contribution in [2.45, 2.75) is 57.4 Å². The van der Waals surface area contributed by atoms with Crippen molar-refractivity contribution < 1.29 is 8.42 Å². The van der Waals surface area contributed by atoms with Crippen molar-refractivity contribution >= 4 is 38.0 Å². The Morgan fingerprint density at radius 1 is 1.07 bits per heavy atom. The number of aromatic nitrogens is 1. The fraction of sp³-hybridized carbons (Fsp3) is 0.435. The monoisotopic (exact) mass is 445 g/mol. The first kappa shape index (κ1) is 22.6. The molecule has 1 aromatic heterocycles. The Morgan fingerprint density at radius 2 is 1.73 bits per heavy atom. The molecular formula is C23H31N3O2S2. The zero-order valence-corrected chi connectivity index (χ0v) is 20.3. The molecule has 5 nitrogen and oxygen atoms in total. The highest BCUT2D eigenvalue weighted by atomic mass is 32.2. The predicted octanol–water partition coefficient (Wildman–Crippen LogP) is 5.16. The molecule has 162 valence electrons. The highest BCUT2D eigenvalue weighted by Crippen LogP contribution is 2.31. The van der Waals surface area contributed by atoms with Gasteiger partial charge in [0.1, 0.15) is 0 Å². The molecule has 0 radical (unpaired) electrons. The van der Waals surface area contributed by atoms with Gasteiger partial charge in [0.15, 0.2) is 4.67 Å². The predicted molar refractivity (Wildman–Crippen MR) is 127 cm³/mol. The topological polar surface area (TPSA) is 54.7 Å². The molecule has 0 bridgehead atoms. The van der Waals surface area contributed by atoms with Gasteiger partial charge in [-0.1, -0.05) is 37.6 Å². The molecule has 0 aliphatic rings. The normalized spacial score (nSPS) is 13.2. The van der Waals surface area contributed by atoms with Crippen molar-refractivity contribution in [3.63, 3.8) is 0 Å². The summed E-state index contributed by atoms with van der Waals surface area (Å²) in [6, 6.07) is 11.1. The highest BCUT2D eigenvalue weighted by molar-refractivity contribution is 7.90. The molecule has 0 N–H and O–H groups in total. The van der Waals surface area contributed by atoms with Crippen LogP contribution in [0.1, 0.15) is 46.1 Å². The fourth-order valence-electron chi connectivity index (χ4n) is 3.36. The van der Waals surface area contributed by atoms with E-state index in [4.69, 9.17) is 0 Å². The molecule has 3 aromatic rings. The maximum atomic E-state index is 13.4. The molecule has 0 aliphatic heterocycles. The molecule has 0 saturated heterocycles. The van der Waals surface area contributed by atoms with E-state index in [1.807, 2.05) is 43.3 Å². The van der Waals surface area contributed by atoms with Gasteiger partial charge in [-0.05, 0) is 57.3 Å². The summed E-state index contributed by atoms with van der Waals surface area (Å²) in [6.07, 6.45) is 4.94. The molecule has 30 heavy (non-hydrogen) atoms. The van der Waals surface area contributed by atoms with E-state index in [0.717, 1.165) is 35.9 Å². The second-order valence-electron chi connectivity index (χ2n) is 8.74. The smallest absolute Gasteiger partial charge is 0.284 e. The van der Waals surface area contributed by atoms with E-state index in [-0.39, 0.29) is 10.4 Å². The van der Waals surface area contributed by atoms with E-state index < -0.39 is 10.0 Å². The van der Waals surface area contributed by atoms with Crippen molar-refractivity contribution in [2.24, 2.45) is 4.40 Å². The summed E-state index contributed by atoms with van der Waals surface area (Å²) < 4.78 is 33.8. The Kier molecular flexibility index (Phi) is 6.43. The number of rotatable bonds is 6. The van der Waals surface area contributed by atoms with Crippen molar-refractivity contribution in [3.05, 3.63) is 52.8 Å². The largest absolute Gasteiger partial charge is 0.377 e. The molecule has 0 unspecified atom stereocenters. The van der Waals surface area contributed by atoms with Crippen LogP contribution in [0.25, 0.3) is 10.8 Å². The number of aryl methyl sites for hydroxylation is 1. The van der Waals surface area contributed by atoms with E-state index in [1.54, 1.807) is 12.1 Å². The lowest BCUT2D eigenvalue weighted by molar-refractivity contribution is 0.427. The van der Waals surface area contributed by atoms with Gasteiger partial charge in [-0.25, -0.2) is 0 Å². The summed E-state index contributed by atoms with van der Waals surface area (Å²) in [7, 11) is 0.0526. The van der Waals surface area contributed by atoms with E-state index in [9.17, 15) is 8.42 Å². The van der Waals surface area contributed by atoms with Gasteiger partial charge in [-0.15, -0.1) is 4.40 Å². The van der Waals surface area contributed by atoms with E-state index in [1.165, 1.54) is 11.5 Å². The minimum Gasteiger partial charge on any atom is -0.377 e. The van der Waals surface area contributed by atoms with Crippen LogP contribution < -0.4 is 9.57 Å². The number of unbranched alkanes of at least 4 members (excludes halogenated alkanes) is 1. The van der Waals surface area contributed by atoms with Crippen LogP contribution in [0.15, 0.2) is 51.9 Å². The molecule has 7 heteroatoms. The zero-order valence-electron chi connectivity index (χ0n) is 18.6. The van der Waals surface area contributed by atoms with Crippen molar-refractivity contribution in [3.8, 4) is 0 Å². The first-order valence-corrected chi connectivity index (χ1v) is 12.5. The van der Waals surface area contributed by atoms with Crippen LogP contribution in [-0.2, 0) is 22.0 Å². The summed E-state index contributed by atoms with van der Waals surface area (Å²) in [5.41, 5.74) is 1.85. The number of fused-ring (bicyclic) bond motifs is 1. The van der Waals surface area contributed by atoms with Gasteiger partial charge in [0.05, 0.1) is 4.90 Å². The summed E-state index contributed by atoms with van der Waals surface area (Å²) in [6.45, 7) is 8.47. The summed E-state index contributed by atoms with van der Waals surface area (Å²) in [5, 5.41) is 1.60. The number of sulfonamides is 1. The van der Waals surface area contributed by atoms with Crippen LogP contribution in [0.4, 0.5) is 5.69 Å². The zero-order chi connectivity index (χ0) is 22.1. The third-order valence-corrected chi connectivity index (χ3v) is 7.84. The molecule has 0 amide bonds. The number of nitrogens with zero attached hydrogens (tertiary/aromatic N) is 3. The first-order valence-electron chi connectivity index (χ1n) is 10.3. The molecule has 3 rings (SSSR count). The van der Waals surface area contributed by atoms with Gasteiger partial charge >= 0.3 is 0 Å². The molecular weight excluding hydrogens is 414 g/mol. The van der Waals surface area contributed by atoms with E-state index in [0.29, 0.717) is 10.1 Å². The second-order valence-corrected chi connectivity index (χ2v) is 11.3. The Morgan fingerprint density at radius 3 is 2.37 bits per heavy atom. The van der Waals surface area contributed by atoms with Gasteiger partial charge in [0.2, 0.25) is 0 Å². The van der Waals surface area contributed by atoms with Gasteiger partial charge in [0.25, 0.3) is 10.0 Å². The number of anilines is 1. The minimum atomic E-state index is -3.86. The van der Waals surface area contributed by atoms with E-state index in [2.05, 4.69) is 42.2 Å². The van der Waals surface area contributed by atoms with Crippen molar-refractivity contribution in [1.82, 2.24) is 3.96 Å². The van der Waals surface area contributed by atoms with Gasteiger partial charge in [0, 0.05) is 47.9 Å². The average Bonchev–Trinajstić information content (AvgIpc) is 3.07. The minimum absolute atomic E-state index is 0.122. The Bertz CT molecular complexity index is 1210. The SMILES string of the molecule is CCCCc1cn(C(C)(C)C)sc1=NS(=O)(=O)c1cccc2c(N(C)C)cccc12. The van der Waals surface area contributed by atoms with Crippen LogP contribution in [0.3, 0.4) is 0 Å². The quantitative estimate of drug-likeness (QED) is 0.527. The van der Waals surface area contributed by atoms with Gasteiger partial charge in [-0.2, -0.15) is 8.42 Å². The highest BCUT2D eigenvalue weighted by Gasteiger charge is 2.20. The second kappa shape index (κ2) is 8.55. The van der Waals surface area contributed by atoms with Crippen LogP contribution in [-0.4, -0.2) is 26.5 Å². The fourth-order valence-corrected chi connectivity index (χ4v) is 5.84. The van der Waals surface area contributed by atoms with Gasteiger partial charge in [-0.3, -0.25) is 3.96 Å². The lowest BCUT2D eigenvalue weighted by Gasteiger charge is -2.19. The molecule has 2 aromatic carbocycles. The van der Waals surface area contributed by atoms with Crippen molar-refractivity contribution in [1.29, 1.82) is 0 Å². The maximum Gasteiger partial charge on any atom is 0.284 e. The summed E-state index contributed by atoms with van der Waals surface area (Å²) in [4.78, 5) is 2.24. The summed E-state index contributed by atoms with van der Waals surface area (Å²) in [5.74, 6) is 0. The van der Waals surface area contributed by atoms with Crippen LogP contribution in [0.2, 0.25) is 0 Å². The van der Waals surface area contributed by atoms with Gasteiger partial charge < -0.3 is 4.90 Å².